The number of nitrogens with zero attached hydrogens (tertiary/aromatic N) is 2. The van der Waals surface area contributed by atoms with Gasteiger partial charge in [0.1, 0.15) is 14.4 Å². The van der Waals surface area contributed by atoms with E-state index in [0.717, 1.165) is 21.2 Å². The third kappa shape index (κ3) is 3.79. The van der Waals surface area contributed by atoms with Crippen molar-refractivity contribution < 1.29 is 4.57 Å². The lowest BCUT2D eigenvalue weighted by atomic mass is 10.4. The van der Waals surface area contributed by atoms with Crippen molar-refractivity contribution in [3.8, 4) is 0 Å². The third-order valence-electron chi connectivity index (χ3n) is 5.39. The second-order valence-corrected chi connectivity index (χ2v) is 16.3. The predicted octanol–water partition coefficient (Wildman–Crippen LogP) is 5.95. The van der Waals surface area contributed by atoms with Gasteiger partial charge in [-0.3, -0.25) is 4.57 Å². The standard InChI is InChI=1S/C25H24N3OP3/c1-30(29)26-31(22-14-6-2-7-15-22,23-16-8-3-9-17-23)28-32(27-30,24-18-10-4-11-19-24)25-20-12-5-13-21-25/h2-21H,1H3,(H,26,29). The smallest absolute Gasteiger partial charge is 0.257 e. The van der Waals surface area contributed by atoms with Crippen LogP contribution in [0.25, 0.3) is 0 Å². The molecular formula is C25H24N3OP3. The summed E-state index contributed by atoms with van der Waals surface area (Å²) in [6.45, 7) is 1.74. The predicted molar refractivity (Wildman–Crippen MR) is 140 cm³/mol. The zero-order chi connectivity index (χ0) is 22.1. The second kappa shape index (κ2) is 8.47. The molecule has 5 rings (SSSR count). The van der Waals surface area contributed by atoms with E-state index in [1.807, 2.05) is 72.8 Å². The Morgan fingerprint density at radius 3 is 1.25 bits per heavy atom. The summed E-state index contributed by atoms with van der Waals surface area (Å²) in [5.74, 6) is 0. The van der Waals surface area contributed by atoms with Crippen LogP contribution in [-0.4, -0.2) is 6.66 Å². The summed E-state index contributed by atoms with van der Waals surface area (Å²) in [6, 6.07) is 40.8. The maximum atomic E-state index is 14.1. The normalized spacial score (nSPS) is 21.2. The van der Waals surface area contributed by atoms with Crippen LogP contribution in [0.1, 0.15) is 0 Å². The van der Waals surface area contributed by atoms with Crippen LogP contribution in [0.2, 0.25) is 0 Å². The monoisotopic (exact) mass is 475 g/mol. The molecule has 4 aromatic rings. The average Bonchev–Trinajstić information content (AvgIpc) is 2.85. The topological polar surface area (TPSA) is 53.8 Å². The quantitative estimate of drug-likeness (QED) is 0.371. The van der Waals surface area contributed by atoms with Crippen LogP contribution in [0, 0.1) is 0 Å². The highest BCUT2D eigenvalue weighted by Gasteiger charge is 2.41. The molecule has 1 aliphatic heterocycles. The van der Waals surface area contributed by atoms with Crippen LogP contribution >= 0.6 is 21.9 Å². The second-order valence-electron chi connectivity index (χ2n) is 7.74. The highest BCUT2D eigenvalue weighted by Crippen LogP contribution is 2.72. The fraction of sp³-hybridized carbons (Fsp3) is 0.0400. The van der Waals surface area contributed by atoms with Crippen LogP contribution in [0.5, 0.6) is 0 Å². The Morgan fingerprint density at radius 1 is 0.531 bits per heavy atom. The summed E-state index contributed by atoms with van der Waals surface area (Å²) in [4.78, 5) is 3.49. The van der Waals surface area contributed by atoms with Gasteiger partial charge in [-0.25, -0.2) is 13.9 Å². The van der Waals surface area contributed by atoms with E-state index in [-0.39, 0.29) is 0 Å². The molecule has 7 heteroatoms. The molecule has 0 aromatic heterocycles. The first-order valence-electron chi connectivity index (χ1n) is 10.4. The number of hydrogen-bond acceptors (Lipinski definition) is 2. The highest BCUT2D eigenvalue weighted by atomic mass is 31.3. The molecule has 0 aliphatic carbocycles. The SMILES string of the molecule is CP1(=O)N=P(c2ccccc2)(c2ccccc2)N=P(c2ccccc2)(c2ccccc2)N1. The van der Waals surface area contributed by atoms with Crippen LogP contribution in [0.15, 0.2) is 130 Å². The van der Waals surface area contributed by atoms with Gasteiger partial charge < -0.3 is 0 Å². The van der Waals surface area contributed by atoms with Crippen LogP contribution in [0.3, 0.4) is 0 Å². The van der Waals surface area contributed by atoms with Gasteiger partial charge >= 0.3 is 0 Å². The molecule has 1 N–H and O–H groups in total. The van der Waals surface area contributed by atoms with E-state index in [2.05, 4.69) is 53.4 Å². The molecule has 160 valence electrons. The summed E-state index contributed by atoms with van der Waals surface area (Å²) in [7, 11) is -8.41. The van der Waals surface area contributed by atoms with Gasteiger partial charge in [0.2, 0.25) is 0 Å². The molecule has 0 spiro atoms. The van der Waals surface area contributed by atoms with Gasteiger partial charge in [0.05, 0.1) is 0 Å². The molecule has 1 heterocycles. The van der Waals surface area contributed by atoms with Crippen LogP contribution in [-0.2, 0) is 4.57 Å². The molecule has 4 aromatic carbocycles. The molecule has 32 heavy (non-hydrogen) atoms. The minimum Gasteiger partial charge on any atom is -0.281 e. The van der Waals surface area contributed by atoms with Gasteiger partial charge in [0, 0.05) is 27.9 Å². The van der Waals surface area contributed by atoms with Gasteiger partial charge in [0.25, 0.3) is 7.44 Å². The number of hydrogen-bond donors (Lipinski definition) is 1. The van der Waals surface area contributed by atoms with E-state index in [1.165, 1.54) is 0 Å². The Morgan fingerprint density at radius 2 is 0.875 bits per heavy atom. The lowest BCUT2D eigenvalue weighted by Crippen LogP contribution is -2.29. The summed E-state index contributed by atoms with van der Waals surface area (Å²) in [5.41, 5.74) is 0. The maximum absolute atomic E-state index is 14.1. The average molecular weight is 475 g/mol. The molecule has 0 fully saturated rings. The Labute approximate surface area is 189 Å². The molecule has 0 radical (unpaired) electrons. The molecule has 1 aliphatic rings. The van der Waals surface area contributed by atoms with Gasteiger partial charge in [0.15, 0.2) is 0 Å². The summed E-state index contributed by atoms with van der Waals surface area (Å²) >= 11 is 0. The lowest BCUT2D eigenvalue weighted by Gasteiger charge is -2.37. The Bertz CT molecular complexity index is 1300. The van der Waals surface area contributed by atoms with Crippen molar-refractivity contribution in [2.24, 2.45) is 9.03 Å². The molecule has 0 saturated heterocycles. The van der Waals surface area contributed by atoms with Crippen LogP contribution < -0.4 is 26.1 Å². The van der Waals surface area contributed by atoms with E-state index < -0.39 is 21.9 Å². The van der Waals surface area contributed by atoms with Gasteiger partial charge in [-0.15, -0.1) is 0 Å². The molecule has 0 saturated carbocycles. The fourth-order valence-electron chi connectivity index (χ4n) is 4.05. The van der Waals surface area contributed by atoms with Gasteiger partial charge in [-0.1, -0.05) is 121 Å². The molecule has 0 bridgehead atoms. The Hall–Kier alpha value is -2.47. The third-order valence-corrected chi connectivity index (χ3v) is 16.7. The van der Waals surface area contributed by atoms with Crippen molar-refractivity contribution in [1.82, 2.24) is 4.86 Å². The fourth-order valence-corrected chi connectivity index (χ4v) is 17.6. The Balaban J connectivity index is 1.98. The van der Waals surface area contributed by atoms with E-state index in [1.54, 1.807) is 6.66 Å². The number of rotatable bonds is 4. The van der Waals surface area contributed by atoms with E-state index in [4.69, 9.17) is 9.03 Å². The lowest BCUT2D eigenvalue weighted by molar-refractivity contribution is 0.578. The molecule has 4 nitrogen and oxygen atoms in total. The van der Waals surface area contributed by atoms with Gasteiger partial charge in [-0.05, 0) is 0 Å². The molecule has 0 amide bonds. The first-order valence-corrected chi connectivity index (χ1v) is 16.0. The van der Waals surface area contributed by atoms with E-state index >= 15 is 0 Å². The minimum atomic E-state index is -3.11. The van der Waals surface area contributed by atoms with Crippen molar-refractivity contribution in [2.45, 2.75) is 0 Å². The molecule has 1 atom stereocenters. The molecular weight excluding hydrogens is 451 g/mol. The minimum absolute atomic E-state index is 1.02. The molecule has 1 unspecified atom stereocenters. The van der Waals surface area contributed by atoms with Crippen molar-refractivity contribution >= 4 is 43.1 Å². The highest BCUT2D eigenvalue weighted by molar-refractivity contribution is 7.98. The maximum Gasteiger partial charge on any atom is 0.257 e. The zero-order valence-electron chi connectivity index (χ0n) is 17.7. The van der Waals surface area contributed by atoms with Gasteiger partial charge in [-0.2, -0.15) is 0 Å². The number of benzene rings is 4. The summed E-state index contributed by atoms with van der Waals surface area (Å²) < 4.78 is 24.8. The summed E-state index contributed by atoms with van der Waals surface area (Å²) in [5, 5.41) is 4.15. The van der Waals surface area contributed by atoms with Crippen LogP contribution in [0.4, 0.5) is 0 Å². The zero-order valence-corrected chi connectivity index (χ0v) is 20.4. The summed E-state index contributed by atoms with van der Waals surface area (Å²) in [6.07, 6.45) is 0. The first-order chi connectivity index (χ1) is 15.5. The Kier molecular flexibility index (Phi) is 5.66. The van der Waals surface area contributed by atoms with Crippen molar-refractivity contribution in [3.05, 3.63) is 121 Å². The van der Waals surface area contributed by atoms with Crippen molar-refractivity contribution in [2.75, 3.05) is 6.66 Å². The van der Waals surface area contributed by atoms with Crippen molar-refractivity contribution in [3.63, 3.8) is 0 Å². The van der Waals surface area contributed by atoms with E-state index in [9.17, 15) is 4.57 Å². The first kappa shape index (κ1) is 21.4. The largest absolute Gasteiger partial charge is 0.281 e. The van der Waals surface area contributed by atoms with Crippen molar-refractivity contribution in [1.29, 1.82) is 0 Å². The number of nitrogens with one attached hydrogen (secondary N) is 1. The van der Waals surface area contributed by atoms with E-state index in [0.29, 0.717) is 0 Å².